The number of carbonyl (C=O) groups excluding carboxylic acids is 1. The number of nitrogens with one attached hydrogen (secondary N) is 5. The molecular weight excluding hydrogens is 392 g/mol. The third-order valence-corrected chi connectivity index (χ3v) is 4.13. The zero-order valence-electron chi connectivity index (χ0n) is 16.5. The number of hydrazone groups is 2. The molecule has 8 N–H and O–H groups in total. The molecule has 158 valence electrons. The minimum absolute atomic E-state index is 0.209. The van der Waals surface area contributed by atoms with Crippen LogP contribution >= 0.6 is 11.8 Å². The van der Waals surface area contributed by atoms with Crippen LogP contribution in [0, 0.1) is 10.8 Å². The quantitative estimate of drug-likeness (QED) is 0.0720. The molecule has 0 aromatic heterocycles. The van der Waals surface area contributed by atoms with Gasteiger partial charge < -0.3 is 32.4 Å². The Morgan fingerprint density at radius 2 is 2.07 bits per heavy atom. The van der Waals surface area contributed by atoms with Crippen LogP contribution in [0.25, 0.3) is 0 Å². The zero-order chi connectivity index (χ0) is 22.1. The average molecular weight is 421 g/mol. The second-order valence-corrected chi connectivity index (χ2v) is 6.45. The Labute approximate surface area is 174 Å². The van der Waals surface area contributed by atoms with Crippen molar-refractivity contribution in [2.24, 2.45) is 15.9 Å². The van der Waals surface area contributed by atoms with Crippen molar-refractivity contribution >= 4 is 40.9 Å². The molecule has 0 aliphatic rings. The van der Waals surface area contributed by atoms with Crippen LogP contribution < -0.4 is 21.9 Å². The molecule has 0 radical (unpaired) electrons. The molecule has 0 aliphatic heterocycles. The molecule has 10 nitrogen and oxygen atoms in total. The van der Waals surface area contributed by atoms with Crippen LogP contribution in [-0.4, -0.2) is 54.9 Å². The Hall–Kier alpha value is -3.18. The molecule has 0 saturated carbocycles. The first-order chi connectivity index (χ1) is 13.9. The van der Waals surface area contributed by atoms with E-state index in [9.17, 15) is 9.90 Å². The highest BCUT2D eigenvalue weighted by Gasteiger charge is 2.11. The number of hydrogen-bond acceptors (Lipinski definition) is 10. The maximum atomic E-state index is 10.5. The first kappa shape index (κ1) is 25.8. The molecule has 0 heterocycles. The summed E-state index contributed by atoms with van der Waals surface area (Å²) < 4.78 is 0. The Morgan fingerprint density at radius 3 is 2.62 bits per heavy atom. The number of amides is 1. The number of allylic oxidation sites excluding steroid dienone is 3. The molecular formula is C18H28N8O2S. The van der Waals surface area contributed by atoms with Crippen LogP contribution in [0.15, 0.2) is 57.4 Å². The summed E-state index contributed by atoms with van der Waals surface area (Å²) in [4.78, 5) is 11.0. The van der Waals surface area contributed by atoms with Gasteiger partial charge in [0.1, 0.15) is 5.04 Å². The number of carbonyl (C=O) groups is 1. The first-order valence-corrected chi connectivity index (χ1v) is 9.28. The van der Waals surface area contributed by atoms with Gasteiger partial charge in [-0.3, -0.25) is 4.79 Å². The molecule has 0 aromatic carbocycles. The summed E-state index contributed by atoms with van der Waals surface area (Å²) in [6, 6.07) is 0. The normalized spacial score (nSPS) is 12.9. The van der Waals surface area contributed by atoms with E-state index in [1.165, 1.54) is 30.3 Å². The van der Waals surface area contributed by atoms with Crippen LogP contribution in [0.5, 0.6) is 0 Å². The van der Waals surface area contributed by atoms with Crippen molar-refractivity contribution in [3.63, 3.8) is 0 Å². The van der Waals surface area contributed by atoms with Gasteiger partial charge in [-0.2, -0.15) is 10.2 Å². The summed E-state index contributed by atoms with van der Waals surface area (Å²) in [6.45, 7) is 3.74. The molecule has 0 aromatic rings. The van der Waals surface area contributed by atoms with Crippen LogP contribution in [-0.2, 0) is 4.79 Å². The minimum atomic E-state index is -0.269. The summed E-state index contributed by atoms with van der Waals surface area (Å²) in [5, 5.41) is 36.6. The van der Waals surface area contributed by atoms with Gasteiger partial charge in [0.25, 0.3) is 0 Å². The summed E-state index contributed by atoms with van der Waals surface area (Å²) in [7, 11) is 3.32. The predicted octanol–water partition coefficient (Wildman–Crippen LogP) is 0.812. The fourth-order valence-electron chi connectivity index (χ4n) is 1.88. The Morgan fingerprint density at radius 1 is 1.34 bits per heavy atom. The van der Waals surface area contributed by atoms with Gasteiger partial charge in [0.2, 0.25) is 6.41 Å². The molecule has 11 heteroatoms. The van der Waals surface area contributed by atoms with Gasteiger partial charge in [-0.25, -0.2) is 5.43 Å². The predicted molar refractivity (Wildman–Crippen MR) is 121 cm³/mol. The molecule has 29 heavy (non-hydrogen) atoms. The highest BCUT2D eigenvalue weighted by Crippen LogP contribution is 2.25. The molecule has 0 fully saturated rings. The minimum Gasteiger partial charge on any atom is -0.405 e. The van der Waals surface area contributed by atoms with Crippen LogP contribution in [0.2, 0.25) is 0 Å². The highest BCUT2D eigenvalue weighted by atomic mass is 32.2. The van der Waals surface area contributed by atoms with E-state index in [1.807, 2.05) is 0 Å². The Bertz CT molecular complexity index is 738. The smallest absolute Gasteiger partial charge is 0.227 e. The maximum absolute atomic E-state index is 10.5. The zero-order valence-corrected chi connectivity index (χ0v) is 17.3. The molecule has 0 unspecified atom stereocenters. The second kappa shape index (κ2) is 15.8. The monoisotopic (exact) mass is 420 g/mol. The molecule has 0 aliphatic carbocycles. The van der Waals surface area contributed by atoms with Gasteiger partial charge in [-0.15, -0.1) is 0 Å². The topological polar surface area (TPSA) is 172 Å². The van der Waals surface area contributed by atoms with E-state index in [0.717, 1.165) is 0 Å². The largest absolute Gasteiger partial charge is 0.405 e. The van der Waals surface area contributed by atoms with Gasteiger partial charge in [0.05, 0.1) is 12.8 Å². The molecule has 0 atom stereocenters. The standard InChI is InChI=1S/C18H28N8O2S/c1-13(29-18(26-23-3)8-16(20)6-7-19)14(10-24-25-12-28)4-5-17(21)15(11-27)9-22-2/h4,6-7,9-10,12,20-23,27H,1,5,8,11,19H2,2-3H3,(H,25,28)/b7-6-,14-4+,15-9-,20-16?,21-17?,24-10-,26-18-. The fourth-order valence-corrected chi connectivity index (χ4v) is 2.79. The second-order valence-electron chi connectivity index (χ2n) is 5.28. The van der Waals surface area contributed by atoms with E-state index in [4.69, 9.17) is 16.6 Å². The third kappa shape index (κ3) is 11.3. The number of aliphatic hydroxyl groups excluding tert-OH is 1. The SMILES string of the molecule is C=C(S/C(CC(=N)/C=C\N)=N\NC)C(/C=N\NC=O)=C/CC(=N)/C(=C\NC)CO. The number of hydrogen-bond donors (Lipinski definition) is 7. The van der Waals surface area contributed by atoms with Crippen molar-refractivity contribution in [1.82, 2.24) is 16.2 Å². The average Bonchev–Trinajstić information content (AvgIpc) is 2.68. The summed E-state index contributed by atoms with van der Waals surface area (Å²) in [5.74, 6) is 0. The van der Waals surface area contributed by atoms with E-state index in [1.54, 1.807) is 26.4 Å². The van der Waals surface area contributed by atoms with Gasteiger partial charge >= 0.3 is 0 Å². The molecule has 1 amide bonds. The van der Waals surface area contributed by atoms with E-state index in [-0.39, 0.29) is 30.9 Å². The van der Waals surface area contributed by atoms with Crippen molar-refractivity contribution in [2.45, 2.75) is 12.8 Å². The lowest BCUT2D eigenvalue weighted by Crippen LogP contribution is -2.10. The Balaban J connectivity index is 5.50. The molecule has 0 saturated heterocycles. The Kier molecular flexibility index (Phi) is 14.1. The number of nitrogens with two attached hydrogens (primary N) is 1. The van der Waals surface area contributed by atoms with Gasteiger partial charge in [-0.1, -0.05) is 24.4 Å². The van der Waals surface area contributed by atoms with Crippen LogP contribution in [0.1, 0.15) is 12.8 Å². The fraction of sp³-hybridized carbons (Fsp3) is 0.278. The third-order valence-electron chi connectivity index (χ3n) is 3.17. The van der Waals surface area contributed by atoms with Crippen LogP contribution in [0.3, 0.4) is 0 Å². The van der Waals surface area contributed by atoms with Crippen LogP contribution in [0.4, 0.5) is 0 Å². The highest BCUT2D eigenvalue weighted by molar-refractivity contribution is 8.17. The van der Waals surface area contributed by atoms with Gasteiger partial charge in [0, 0.05) is 60.6 Å². The van der Waals surface area contributed by atoms with E-state index in [2.05, 4.69) is 33.0 Å². The number of rotatable bonds is 14. The molecule has 0 rings (SSSR count). The van der Waals surface area contributed by atoms with Crippen molar-refractivity contribution in [2.75, 3.05) is 20.7 Å². The van der Waals surface area contributed by atoms with Crippen molar-refractivity contribution in [1.29, 1.82) is 10.8 Å². The van der Waals surface area contributed by atoms with E-state index in [0.29, 0.717) is 27.5 Å². The number of thioether (sulfide) groups is 1. The van der Waals surface area contributed by atoms with Gasteiger partial charge in [0.15, 0.2) is 0 Å². The lowest BCUT2D eigenvalue weighted by Gasteiger charge is -2.10. The van der Waals surface area contributed by atoms with E-state index >= 15 is 0 Å². The molecule has 0 bridgehead atoms. The molecule has 0 spiro atoms. The first-order valence-electron chi connectivity index (χ1n) is 8.46. The van der Waals surface area contributed by atoms with Crippen molar-refractivity contribution in [3.05, 3.63) is 47.2 Å². The number of aliphatic hydroxyl groups is 1. The summed E-state index contributed by atoms with van der Waals surface area (Å²) in [5.41, 5.74) is 11.7. The van der Waals surface area contributed by atoms with Gasteiger partial charge in [-0.05, 0) is 12.3 Å². The lowest BCUT2D eigenvalue weighted by molar-refractivity contribution is -0.109. The summed E-state index contributed by atoms with van der Waals surface area (Å²) >= 11 is 1.22. The summed E-state index contributed by atoms with van der Waals surface area (Å²) in [6.07, 6.45) is 8.28. The number of nitrogens with zero attached hydrogens (tertiary/aromatic N) is 2. The van der Waals surface area contributed by atoms with Crippen molar-refractivity contribution in [3.8, 4) is 0 Å². The maximum Gasteiger partial charge on any atom is 0.227 e. The van der Waals surface area contributed by atoms with Crippen molar-refractivity contribution < 1.29 is 9.90 Å². The van der Waals surface area contributed by atoms with E-state index < -0.39 is 0 Å². The lowest BCUT2D eigenvalue weighted by atomic mass is 10.1.